The summed E-state index contributed by atoms with van der Waals surface area (Å²) in [6, 6.07) is 10.1. The molecule has 1 fully saturated rings. The number of para-hydroxylation sites is 1. The van der Waals surface area contributed by atoms with Crippen LogP contribution in [0.25, 0.3) is 6.08 Å². The zero-order valence-electron chi connectivity index (χ0n) is 11.2. The van der Waals surface area contributed by atoms with Crippen LogP contribution in [0.1, 0.15) is 16.1 Å². The number of thiocarbonyl (C=S) groups is 1. The van der Waals surface area contributed by atoms with Crippen LogP contribution in [0.3, 0.4) is 0 Å². The third-order valence-corrected chi connectivity index (χ3v) is 4.32. The molecule has 0 atom stereocenters. The third kappa shape index (κ3) is 2.56. The van der Waals surface area contributed by atoms with E-state index in [9.17, 15) is 9.59 Å². The Morgan fingerprint density at radius 3 is 2.73 bits per heavy atom. The molecule has 2 aromatic rings. The second kappa shape index (κ2) is 5.78. The van der Waals surface area contributed by atoms with Crippen LogP contribution in [0.2, 0.25) is 0 Å². The van der Waals surface area contributed by atoms with Gasteiger partial charge in [0.15, 0.2) is 4.32 Å². The minimum atomic E-state index is -0.611. The van der Waals surface area contributed by atoms with Crippen LogP contribution in [0, 0.1) is 0 Å². The van der Waals surface area contributed by atoms with Gasteiger partial charge in [-0.05, 0) is 24.3 Å². The van der Waals surface area contributed by atoms with Gasteiger partial charge >= 0.3 is 0 Å². The molecule has 0 aliphatic carbocycles. The molecule has 0 bridgehead atoms. The average Bonchev–Trinajstić information content (AvgIpc) is 3.08. The summed E-state index contributed by atoms with van der Waals surface area (Å²) in [6.07, 6.45) is 3.14. The highest BCUT2D eigenvalue weighted by Gasteiger charge is 2.35. The topological polar surface area (TPSA) is 76.5 Å². The monoisotopic (exact) mass is 330 g/mol. The number of carbonyl (C=O) groups is 2. The largest absolute Gasteiger partial charge is 0.465 e. The van der Waals surface area contributed by atoms with Crippen molar-refractivity contribution >= 4 is 51.9 Å². The molecule has 1 aromatic heterocycles. The van der Waals surface area contributed by atoms with Gasteiger partial charge in [0, 0.05) is 6.08 Å². The number of hydrogen-bond acceptors (Lipinski definition) is 5. The zero-order valence-corrected chi connectivity index (χ0v) is 12.8. The fraction of sp³-hybridized carbons (Fsp3) is 0. The summed E-state index contributed by atoms with van der Waals surface area (Å²) in [6.45, 7) is 0. The number of amides is 2. The van der Waals surface area contributed by atoms with Gasteiger partial charge < -0.3 is 10.2 Å². The summed E-state index contributed by atoms with van der Waals surface area (Å²) in [7, 11) is 0. The smallest absolute Gasteiger partial charge is 0.270 e. The molecule has 0 saturated carbocycles. The van der Waals surface area contributed by atoms with Crippen LogP contribution >= 0.6 is 24.0 Å². The standard InChI is InChI=1S/C15H10N2O3S2/c16-13(18)10-5-1-2-6-11(10)17-14(19)12(22-15(17)21)8-9-4-3-7-20-9/h1-8H,(H2,16,18)/b12-8+. The molecule has 22 heavy (non-hydrogen) atoms. The van der Waals surface area contributed by atoms with Crippen molar-refractivity contribution in [1.82, 2.24) is 0 Å². The van der Waals surface area contributed by atoms with Crippen LogP contribution in [0.5, 0.6) is 0 Å². The summed E-state index contributed by atoms with van der Waals surface area (Å²) in [4.78, 5) is 25.9. The van der Waals surface area contributed by atoms with E-state index in [4.69, 9.17) is 22.4 Å². The number of hydrogen-bond donors (Lipinski definition) is 1. The van der Waals surface area contributed by atoms with Gasteiger partial charge in [-0.2, -0.15) is 0 Å². The lowest BCUT2D eigenvalue weighted by atomic mass is 10.1. The van der Waals surface area contributed by atoms with E-state index >= 15 is 0 Å². The van der Waals surface area contributed by atoms with Gasteiger partial charge in [0.25, 0.3) is 11.8 Å². The minimum Gasteiger partial charge on any atom is -0.465 e. The summed E-state index contributed by atoms with van der Waals surface area (Å²) >= 11 is 6.42. The first-order chi connectivity index (χ1) is 10.6. The summed E-state index contributed by atoms with van der Waals surface area (Å²) in [5, 5.41) is 0. The predicted octanol–water partition coefficient (Wildman–Crippen LogP) is 2.78. The van der Waals surface area contributed by atoms with Crippen LogP contribution in [-0.2, 0) is 4.79 Å². The zero-order chi connectivity index (χ0) is 15.7. The highest BCUT2D eigenvalue weighted by molar-refractivity contribution is 8.27. The maximum absolute atomic E-state index is 12.6. The van der Waals surface area contributed by atoms with Crippen LogP contribution in [-0.4, -0.2) is 16.1 Å². The molecule has 0 unspecified atom stereocenters. The number of primary amides is 1. The molecule has 2 N–H and O–H groups in total. The molecular formula is C15H10N2O3S2. The van der Waals surface area contributed by atoms with Gasteiger partial charge in [-0.25, -0.2) is 0 Å². The van der Waals surface area contributed by atoms with Gasteiger partial charge in [-0.3, -0.25) is 14.5 Å². The van der Waals surface area contributed by atoms with Crippen molar-refractivity contribution in [2.75, 3.05) is 4.90 Å². The number of carbonyl (C=O) groups excluding carboxylic acids is 2. The molecule has 2 amide bonds. The molecule has 2 heterocycles. The molecule has 0 spiro atoms. The van der Waals surface area contributed by atoms with Gasteiger partial charge in [0.1, 0.15) is 5.76 Å². The van der Waals surface area contributed by atoms with Crippen LogP contribution in [0.4, 0.5) is 5.69 Å². The lowest BCUT2D eigenvalue weighted by molar-refractivity contribution is -0.113. The van der Waals surface area contributed by atoms with Gasteiger partial charge in [-0.15, -0.1) is 0 Å². The van der Waals surface area contributed by atoms with Crippen molar-refractivity contribution < 1.29 is 14.0 Å². The molecule has 0 radical (unpaired) electrons. The first-order valence-electron chi connectivity index (χ1n) is 6.28. The normalized spacial score (nSPS) is 16.5. The van der Waals surface area contributed by atoms with E-state index < -0.39 is 5.91 Å². The third-order valence-electron chi connectivity index (χ3n) is 3.02. The van der Waals surface area contributed by atoms with Gasteiger partial charge in [-0.1, -0.05) is 36.1 Å². The Kier molecular flexibility index (Phi) is 3.82. The summed E-state index contributed by atoms with van der Waals surface area (Å²) in [5.74, 6) is -0.358. The van der Waals surface area contributed by atoms with Crippen molar-refractivity contribution in [3.05, 3.63) is 58.9 Å². The minimum absolute atomic E-state index is 0.248. The first-order valence-corrected chi connectivity index (χ1v) is 7.50. The van der Waals surface area contributed by atoms with E-state index in [1.165, 1.54) is 11.2 Å². The van der Waals surface area contributed by atoms with Crippen molar-refractivity contribution in [2.24, 2.45) is 5.73 Å². The predicted molar refractivity (Wildman–Crippen MR) is 89.3 cm³/mol. The number of anilines is 1. The number of thioether (sulfide) groups is 1. The molecule has 7 heteroatoms. The van der Waals surface area contributed by atoms with E-state index in [2.05, 4.69) is 0 Å². The van der Waals surface area contributed by atoms with Gasteiger partial charge in [0.05, 0.1) is 22.4 Å². The molecular weight excluding hydrogens is 320 g/mol. The Balaban J connectivity index is 2.01. The molecule has 110 valence electrons. The average molecular weight is 330 g/mol. The molecule has 1 aliphatic rings. The van der Waals surface area contributed by atoms with Crippen LogP contribution < -0.4 is 10.6 Å². The van der Waals surface area contributed by atoms with Crippen LogP contribution in [0.15, 0.2) is 52.0 Å². The van der Waals surface area contributed by atoms with E-state index in [1.807, 2.05) is 0 Å². The Bertz CT molecular complexity index is 797. The van der Waals surface area contributed by atoms with Gasteiger partial charge in [0.2, 0.25) is 0 Å². The Labute approximate surface area is 135 Å². The molecule has 1 aliphatic heterocycles. The molecule has 1 saturated heterocycles. The Morgan fingerprint density at radius 1 is 1.27 bits per heavy atom. The van der Waals surface area contributed by atoms with E-state index in [-0.39, 0.29) is 11.5 Å². The number of nitrogens with two attached hydrogens (primary N) is 1. The Hall–Kier alpha value is -2.38. The van der Waals surface area contributed by atoms with Crippen molar-refractivity contribution in [1.29, 1.82) is 0 Å². The Morgan fingerprint density at radius 2 is 2.05 bits per heavy atom. The fourth-order valence-corrected chi connectivity index (χ4v) is 3.32. The van der Waals surface area contributed by atoms with Crippen molar-refractivity contribution in [2.45, 2.75) is 0 Å². The SMILES string of the molecule is NC(=O)c1ccccc1N1C(=O)/C(=C\c2ccco2)SC1=S. The lowest BCUT2D eigenvalue weighted by Crippen LogP contribution is -2.30. The summed E-state index contributed by atoms with van der Waals surface area (Å²) < 4.78 is 5.55. The van der Waals surface area contributed by atoms with Crippen molar-refractivity contribution in [3.63, 3.8) is 0 Å². The first kappa shape index (κ1) is 14.6. The number of nitrogens with zero attached hydrogens (tertiary/aromatic N) is 1. The summed E-state index contributed by atoms with van der Waals surface area (Å²) in [5.41, 5.74) is 6.00. The van der Waals surface area contributed by atoms with E-state index in [0.29, 0.717) is 20.7 Å². The highest BCUT2D eigenvalue weighted by atomic mass is 32.2. The van der Waals surface area contributed by atoms with E-state index in [0.717, 1.165) is 11.8 Å². The fourth-order valence-electron chi connectivity index (χ4n) is 2.06. The second-order valence-corrected chi connectivity index (χ2v) is 6.09. The molecule has 5 nitrogen and oxygen atoms in total. The van der Waals surface area contributed by atoms with Crippen molar-refractivity contribution in [3.8, 4) is 0 Å². The van der Waals surface area contributed by atoms with E-state index in [1.54, 1.807) is 42.5 Å². The highest BCUT2D eigenvalue weighted by Crippen LogP contribution is 2.37. The lowest BCUT2D eigenvalue weighted by Gasteiger charge is -2.17. The second-order valence-electron chi connectivity index (χ2n) is 4.41. The maximum atomic E-state index is 12.6. The molecule has 1 aromatic carbocycles. The molecule has 3 rings (SSSR count). The maximum Gasteiger partial charge on any atom is 0.270 e. The number of benzene rings is 1. The number of furan rings is 1. The quantitative estimate of drug-likeness (QED) is 0.692. The number of rotatable bonds is 3.